The monoisotopic (exact) mass is 636 g/mol. The molecule has 0 bridgehead atoms. The van der Waals surface area contributed by atoms with Crippen molar-refractivity contribution < 1.29 is 23.9 Å². The van der Waals surface area contributed by atoms with E-state index < -0.39 is 17.6 Å². The van der Waals surface area contributed by atoms with Crippen molar-refractivity contribution in [2.24, 2.45) is 5.73 Å². The first kappa shape index (κ1) is 32.9. The molecule has 1 aliphatic rings. The third kappa shape index (κ3) is 8.84. The van der Waals surface area contributed by atoms with E-state index in [1.807, 2.05) is 60.7 Å². The van der Waals surface area contributed by atoms with Crippen LogP contribution >= 0.6 is 0 Å². The maximum absolute atomic E-state index is 13.1. The maximum Gasteiger partial charge on any atom is 0.408 e. The van der Waals surface area contributed by atoms with Gasteiger partial charge < -0.3 is 31.7 Å². The average molecular weight is 637 g/mol. The fourth-order valence-corrected chi connectivity index (χ4v) is 5.57. The third-order valence-corrected chi connectivity index (χ3v) is 7.88. The molecule has 5 rings (SSSR count). The van der Waals surface area contributed by atoms with Gasteiger partial charge in [0.05, 0.1) is 16.8 Å². The molecule has 4 amide bonds. The third-order valence-electron chi connectivity index (χ3n) is 7.88. The Bertz CT molecular complexity index is 1760. The Hall–Kier alpha value is -5.45. The van der Waals surface area contributed by atoms with Gasteiger partial charge in [-0.2, -0.15) is 0 Å². The second kappa shape index (κ2) is 14.3. The number of carbonyl (C=O) groups is 4. The Kier molecular flexibility index (Phi) is 10.0. The fourth-order valence-electron chi connectivity index (χ4n) is 5.57. The topological polar surface area (TPSA) is 165 Å². The molecule has 0 radical (unpaired) electrons. The van der Waals surface area contributed by atoms with Crippen molar-refractivity contribution in [3.63, 3.8) is 0 Å². The number of benzene rings is 3. The summed E-state index contributed by atoms with van der Waals surface area (Å²) in [4.78, 5) is 53.8. The van der Waals surface area contributed by atoms with E-state index in [1.165, 1.54) is 6.20 Å². The number of ether oxygens (including phenoxy) is 1. The van der Waals surface area contributed by atoms with E-state index in [2.05, 4.69) is 26.3 Å². The number of aromatic nitrogens is 1. The molecule has 1 saturated carbocycles. The molecule has 1 heterocycles. The number of anilines is 2. The Balaban J connectivity index is 1.18. The van der Waals surface area contributed by atoms with Crippen LogP contribution in [0.4, 0.5) is 16.2 Å². The largest absolute Gasteiger partial charge is 0.444 e. The van der Waals surface area contributed by atoms with Crippen LogP contribution < -0.4 is 27.0 Å². The van der Waals surface area contributed by atoms with Gasteiger partial charge in [-0.05, 0) is 94.0 Å². The lowest BCUT2D eigenvalue weighted by molar-refractivity contribution is -0.121. The van der Waals surface area contributed by atoms with Crippen molar-refractivity contribution in [2.75, 3.05) is 11.9 Å². The first-order valence-electron chi connectivity index (χ1n) is 15.7. The van der Waals surface area contributed by atoms with E-state index in [1.54, 1.807) is 32.9 Å². The van der Waals surface area contributed by atoms with Crippen LogP contribution in [0, 0.1) is 0 Å². The molecule has 0 unspecified atom stereocenters. The van der Waals surface area contributed by atoms with Gasteiger partial charge in [-0.3, -0.25) is 19.4 Å². The van der Waals surface area contributed by atoms with Gasteiger partial charge in [0.15, 0.2) is 0 Å². The molecular formula is C36H40N6O5. The number of rotatable bonds is 9. The number of primary amides is 1. The number of fused-ring (bicyclic) bond motifs is 1. The zero-order valence-electron chi connectivity index (χ0n) is 26.8. The predicted molar refractivity (Wildman–Crippen MR) is 181 cm³/mol. The molecular weight excluding hydrogens is 596 g/mol. The van der Waals surface area contributed by atoms with Crippen LogP contribution in [0.25, 0.3) is 22.0 Å². The minimum atomic E-state index is -0.634. The average Bonchev–Trinajstić information content (AvgIpc) is 3.04. The lowest BCUT2D eigenvalue weighted by atomic mass is 9.91. The van der Waals surface area contributed by atoms with Gasteiger partial charge >= 0.3 is 6.09 Å². The highest BCUT2D eigenvalue weighted by atomic mass is 16.6. The standard InChI is InChI=1S/C36H40N6O5/c1-36(2,3)47-35(46)39-21-31(43)40-26-14-16-27(17-15-26)42-34(45)23-11-9-22(10-12-23)24-13-18-30-28(19-24)32(29(20-38-30)33(37)44)41-25-7-5-4-6-8-25/h4-13,18-20,26-27H,14-17,21H2,1-3H3,(H2,37,44)(H,38,41)(H,39,46)(H,40,43)(H,42,45). The predicted octanol–water partition coefficient (Wildman–Crippen LogP) is 5.43. The molecule has 1 fully saturated rings. The summed E-state index contributed by atoms with van der Waals surface area (Å²) in [5.41, 5.74) is 9.79. The minimum absolute atomic E-state index is 0.00167. The molecule has 47 heavy (non-hydrogen) atoms. The van der Waals surface area contributed by atoms with E-state index in [0.29, 0.717) is 16.8 Å². The lowest BCUT2D eigenvalue weighted by Gasteiger charge is -2.29. The summed E-state index contributed by atoms with van der Waals surface area (Å²) in [6.45, 7) is 5.12. The van der Waals surface area contributed by atoms with E-state index in [4.69, 9.17) is 10.5 Å². The molecule has 4 aromatic rings. The molecule has 0 aliphatic heterocycles. The molecule has 3 aromatic carbocycles. The maximum atomic E-state index is 13.1. The number of alkyl carbamates (subject to hydrolysis) is 1. The van der Waals surface area contributed by atoms with Crippen LogP contribution in [0.5, 0.6) is 0 Å². The zero-order chi connectivity index (χ0) is 33.6. The quantitative estimate of drug-likeness (QED) is 0.164. The number of para-hydroxylation sites is 1. The van der Waals surface area contributed by atoms with Crippen LogP contribution in [0.3, 0.4) is 0 Å². The Morgan fingerprint density at radius 2 is 1.49 bits per heavy atom. The second-order valence-electron chi connectivity index (χ2n) is 12.7. The highest BCUT2D eigenvalue weighted by molar-refractivity contribution is 6.08. The van der Waals surface area contributed by atoms with Crippen molar-refractivity contribution in [1.82, 2.24) is 20.9 Å². The number of nitrogens with zero attached hydrogens (tertiary/aromatic N) is 1. The van der Waals surface area contributed by atoms with Gasteiger partial charge in [-0.1, -0.05) is 36.4 Å². The van der Waals surface area contributed by atoms with Gasteiger partial charge in [0, 0.05) is 34.9 Å². The van der Waals surface area contributed by atoms with Crippen LogP contribution in [0.15, 0.2) is 79.0 Å². The number of amides is 4. The smallest absolute Gasteiger partial charge is 0.408 e. The van der Waals surface area contributed by atoms with Crippen molar-refractivity contribution in [3.8, 4) is 11.1 Å². The normalized spacial score (nSPS) is 16.1. The summed E-state index contributed by atoms with van der Waals surface area (Å²) in [6, 6.07) is 22.7. The van der Waals surface area contributed by atoms with Gasteiger partial charge in [0.2, 0.25) is 5.91 Å². The van der Waals surface area contributed by atoms with Crippen LogP contribution in [0.1, 0.15) is 67.2 Å². The molecule has 0 saturated heterocycles. The SMILES string of the molecule is CC(C)(C)OC(=O)NCC(=O)NC1CCC(NC(=O)c2ccc(-c3ccc4ncc(C(N)=O)c(Nc5ccccc5)c4c3)cc2)CC1. The molecule has 1 aliphatic carbocycles. The summed E-state index contributed by atoms with van der Waals surface area (Å²) < 4.78 is 5.15. The molecule has 1 aromatic heterocycles. The highest BCUT2D eigenvalue weighted by Gasteiger charge is 2.24. The number of hydrogen-bond donors (Lipinski definition) is 5. The molecule has 0 atom stereocenters. The highest BCUT2D eigenvalue weighted by Crippen LogP contribution is 2.32. The number of pyridine rings is 1. The Labute approximate surface area is 273 Å². The van der Waals surface area contributed by atoms with Gasteiger partial charge in [0.1, 0.15) is 12.1 Å². The summed E-state index contributed by atoms with van der Waals surface area (Å²) in [5.74, 6) is -1.01. The van der Waals surface area contributed by atoms with E-state index in [0.717, 1.165) is 47.9 Å². The van der Waals surface area contributed by atoms with Crippen LogP contribution in [0.2, 0.25) is 0 Å². The van der Waals surface area contributed by atoms with E-state index in [-0.39, 0.29) is 36.0 Å². The number of nitrogens with one attached hydrogen (secondary N) is 4. The first-order valence-corrected chi connectivity index (χ1v) is 15.7. The van der Waals surface area contributed by atoms with Crippen LogP contribution in [-0.4, -0.2) is 53.0 Å². The fraction of sp³-hybridized carbons (Fsp3) is 0.306. The van der Waals surface area contributed by atoms with E-state index >= 15 is 0 Å². The van der Waals surface area contributed by atoms with E-state index in [9.17, 15) is 19.2 Å². The Morgan fingerprint density at radius 1 is 0.851 bits per heavy atom. The summed E-state index contributed by atoms with van der Waals surface area (Å²) in [5, 5.41) is 12.6. The lowest BCUT2D eigenvalue weighted by Crippen LogP contribution is -2.46. The van der Waals surface area contributed by atoms with Crippen molar-refractivity contribution >= 4 is 46.1 Å². The first-order chi connectivity index (χ1) is 22.4. The van der Waals surface area contributed by atoms with Gasteiger partial charge in [0.25, 0.3) is 11.8 Å². The molecule has 244 valence electrons. The van der Waals surface area contributed by atoms with Crippen molar-refractivity contribution in [3.05, 3.63) is 90.1 Å². The summed E-state index contributed by atoms with van der Waals surface area (Å²) >= 11 is 0. The number of hydrogen-bond acceptors (Lipinski definition) is 7. The summed E-state index contributed by atoms with van der Waals surface area (Å²) in [6.07, 6.45) is 3.75. The van der Waals surface area contributed by atoms with Crippen molar-refractivity contribution in [2.45, 2.75) is 64.1 Å². The minimum Gasteiger partial charge on any atom is -0.444 e. The van der Waals surface area contributed by atoms with Gasteiger partial charge in [-0.15, -0.1) is 0 Å². The number of carbonyl (C=O) groups excluding carboxylic acids is 4. The number of nitrogens with two attached hydrogens (primary N) is 1. The second-order valence-corrected chi connectivity index (χ2v) is 12.7. The molecule has 11 heteroatoms. The molecule has 6 N–H and O–H groups in total. The molecule has 11 nitrogen and oxygen atoms in total. The van der Waals surface area contributed by atoms with Crippen molar-refractivity contribution in [1.29, 1.82) is 0 Å². The summed E-state index contributed by atoms with van der Waals surface area (Å²) in [7, 11) is 0. The van der Waals surface area contributed by atoms with Gasteiger partial charge in [-0.25, -0.2) is 4.79 Å². The zero-order valence-corrected chi connectivity index (χ0v) is 26.8. The Morgan fingerprint density at radius 3 is 2.13 bits per heavy atom. The molecule has 0 spiro atoms. The van der Waals surface area contributed by atoms with Crippen LogP contribution in [-0.2, 0) is 9.53 Å².